The molecule has 1 unspecified atom stereocenters. The van der Waals surface area contributed by atoms with E-state index < -0.39 is 39.2 Å². The van der Waals surface area contributed by atoms with Gasteiger partial charge in [0.2, 0.25) is 10.0 Å². The van der Waals surface area contributed by atoms with Crippen LogP contribution in [0.5, 0.6) is 0 Å². The molecule has 1 aromatic carbocycles. The SMILES string of the molecule is CCCC(C)NC(=O)COC(=O)c1ccc(F)c(S(=O)(=O)N2CCCCC2)c1. The molecule has 0 spiro atoms. The first-order valence-electron chi connectivity index (χ1n) is 9.52. The second-order valence-electron chi connectivity index (χ2n) is 6.94. The van der Waals surface area contributed by atoms with Gasteiger partial charge in [0.25, 0.3) is 5.91 Å². The van der Waals surface area contributed by atoms with Crippen LogP contribution in [0, 0.1) is 5.82 Å². The molecule has 1 aromatic rings. The first-order valence-corrected chi connectivity index (χ1v) is 11.0. The van der Waals surface area contributed by atoms with Gasteiger partial charge in [-0.2, -0.15) is 4.31 Å². The third-order valence-corrected chi connectivity index (χ3v) is 6.48. The molecule has 1 amide bonds. The van der Waals surface area contributed by atoms with Crippen LogP contribution in [-0.4, -0.2) is 50.3 Å². The average molecular weight is 414 g/mol. The molecule has 28 heavy (non-hydrogen) atoms. The number of hydrogen-bond donors (Lipinski definition) is 1. The largest absolute Gasteiger partial charge is 0.452 e. The van der Waals surface area contributed by atoms with Crippen LogP contribution in [0.2, 0.25) is 0 Å². The summed E-state index contributed by atoms with van der Waals surface area (Å²) in [4.78, 5) is 23.4. The van der Waals surface area contributed by atoms with E-state index in [1.807, 2.05) is 13.8 Å². The maximum atomic E-state index is 14.2. The molecule has 2 rings (SSSR count). The molecule has 0 radical (unpaired) electrons. The first-order chi connectivity index (χ1) is 13.3. The number of piperidine rings is 1. The Labute approximate surface area is 165 Å². The molecule has 156 valence electrons. The van der Waals surface area contributed by atoms with E-state index in [-0.39, 0.29) is 11.6 Å². The highest BCUT2D eigenvalue weighted by atomic mass is 32.2. The van der Waals surface area contributed by atoms with Crippen LogP contribution in [0.3, 0.4) is 0 Å². The molecular formula is C19H27FN2O5S. The van der Waals surface area contributed by atoms with Crippen molar-refractivity contribution < 1.29 is 27.1 Å². The molecule has 0 aliphatic carbocycles. The first kappa shape index (κ1) is 22.3. The molecular weight excluding hydrogens is 387 g/mol. The van der Waals surface area contributed by atoms with Gasteiger partial charge in [0.1, 0.15) is 10.7 Å². The zero-order valence-corrected chi connectivity index (χ0v) is 17.1. The lowest BCUT2D eigenvalue weighted by Gasteiger charge is -2.26. The maximum absolute atomic E-state index is 14.2. The number of rotatable bonds is 8. The summed E-state index contributed by atoms with van der Waals surface area (Å²) in [6.45, 7) is 4.01. The minimum Gasteiger partial charge on any atom is -0.452 e. The summed E-state index contributed by atoms with van der Waals surface area (Å²) in [7, 11) is -4.03. The Balaban J connectivity index is 2.07. The highest BCUT2D eigenvalue weighted by molar-refractivity contribution is 7.89. The van der Waals surface area contributed by atoms with Crippen LogP contribution < -0.4 is 5.32 Å². The van der Waals surface area contributed by atoms with Gasteiger partial charge in [-0.3, -0.25) is 4.79 Å². The van der Waals surface area contributed by atoms with Gasteiger partial charge in [-0.25, -0.2) is 17.6 Å². The summed E-state index contributed by atoms with van der Waals surface area (Å²) in [5.74, 6) is -2.25. The van der Waals surface area contributed by atoms with Crippen LogP contribution >= 0.6 is 0 Å². The summed E-state index contributed by atoms with van der Waals surface area (Å²) in [6, 6.07) is 3.00. The highest BCUT2D eigenvalue weighted by Gasteiger charge is 2.29. The second-order valence-corrected chi connectivity index (χ2v) is 8.85. The van der Waals surface area contributed by atoms with Crippen LogP contribution in [0.15, 0.2) is 23.1 Å². The summed E-state index contributed by atoms with van der Waals surface area (Å²) < 4.78 is 45.8. The molecule has 1 fully saturated rings. The summed E-state index contributed by atoms with van der Waals surface area (Å²) in [5, 5.41) is 2.70. The van der Waals surface area contributed by atoms with E-state index in [4.69, 9.17) is 4.74 Å². The van der Waals surface area contributed by atoms with Crippen molar-refractivity contribution in [2.24, 2.45) is 0 Å². The molecule has 0 aromatic heterocycles. The van der Waals surface area contributed by atoms with Crippen molar-refractivity contribution in [3.63, 3.8) is 0 Å². The Hall–Kier alpha value is -2.00. The fraction of sp³-hybridized carbons (Fsp3) is 0.579. The number of nitrogens with zero attached hydrogens (tertiary/aromatic N) is 1. The van der Waals surface area contributed by atoms with Gasteiger partial charge in [0, 0.05) is 19.1 Å². The number of carbonyl (C=O) groups is 2. The number of hydrogen-bond acceptors (Lipinski definition) is 5. The lowest BCUT2D eigenvalue weighted by molar-refractivity contribution is -0.124. The number of nitrogens with one attached hydrogen (secondary N) is 1. The van der Waals surface area contributed by atoms with E-state index in [2.05, 4.69) is 5.32 Å². The number of halogens is 1. The molecule has 0 bridgehead atoms. The van der Waals surface area contributed by atoms with Crippen molar-refractivity contribution >= 4 is 21.9 Å². The molecule has 1 saturated heterocycles. The van der Waals surface area contributed by atoms with E-state index in [9.17, 15) is 22.4 Å². The Morgan fingerprint density at radius 3 is 2.57 bits per heavy atom. The molecule has 1 aliphatic rings. The van der Waals surface area contributed by atoms with Crippen LogP contribution in [0.1, 0.15) is 56.3 Å². The fourth-order valence-corrected chi connectivity index (χ4v) is 4.72. The molecule has 1 N–H and O–H groups in total. The zero-order valence-electron chi connectivity index (χ0n) is 16.2. The van der Waals surface area contributed by atoms with Gasteiger partial charge < -0.3 is 10.1 Å². The van der Waals surface area contributed by atoms with Crippen molar-refractivity contribution in [2.75, 3.05) is 19.7 Å². The minimum absolute atomic E-state index is 0.0386. The Kier molecular flexibility index (Phi) is 7.94. The number of benzene rings is 1. The summed E-state index contributed by atoms with van der Waals surface area (Å²) in [6.07, 6.45) is 4.07. The van der Waals surface area contributed by atoms with Crippen molar-refractivity contribution in [1.82, 2.24) is 9.62 Å². The third kappa shape index (κ3) is 5.75. The van der Waals surface area contributed by atoms with Crippen molar-refractivity contribution in [2.45, 2.75) is 56.9 Å². The molecule has 1 aliphatic heterocycles. The number of amides is 1. The number of carbonyl (C=O) groups excluding carboxylic acids is 2. The molecule has 7 nitrogen and oxygen atoms in total. The molecule has 9 heteroatoms. The van der Waals surface area contributed by atoms with Crippen LogP contribution in [-0.2, 0) is 19.6 Å². The second kappa shape index (κ2) is 9.97. The van der Waals surface area contributed by atoms with E-state index in [1.54, 1.807) is 0 Å². The predicted molar refractivity (Wildman–Crippen MR) is 102 cm³/mol. The number of esters is 1. The Morgan fingerprint density at radius 2 is 1.93 bits per heavy atom. The fourth-order valence-electron chi connectivity index (χ4n) is 3.11. The van der Waals surface area contributed by atoms with E-state index >= 15 is 0 Å². The summed E-state index contributed by atoms with van der Waals surface area (Å²) in [5.41, 5.74) is -0.119. The van der Waals surface area contributed by atoms with E-state index in [0.29, 0.717) is 25.9 Å². The topological polar surface area (TPSA) is 92.8 Å². The number of ether oxygens (including phenoxy) is 1. The Morgan fingerprint density at radius 1 is 1.25 bits per heavy atom. The lowest BCUT2D eigenvalue weighted by Crippen LogP contribution is -2.36. The Bertz CT molecular complexity index is 807. The van der Waals surface area contributed by atoms with E-state index in [0.717, 1.165) is 37.5 Å². The van der Waals surface area contributed by atoms with Crippen molar-refractivity contribution in [3.05, 3.63) is 29.6 Å². The van der Waals surface area contributed by atoms with Crippen LogP contribution in [0.4, 0.5) is 4.39 Å². The maximum Gasteiger partial charge on any atom is 0.338 e. The lowest BCUT2D eigenvalue weighted by atomic mass is 10.2. The molecule has 0 saturated carbocycles. The minimum atomic E-state index is -4.03. The monoisotopic (exact) mass is 414 g/mol. The highest BCUT2D eigenvalue weighted by Crippen LogP contribution is 2.24. The smallest absolute Gasteiger partial charge is 0.338 e. The molecule has 1 heterocycles. The normalized spacial score (nSPS) is 16.4. The third-order valence-electron chi connectivity index (χ3n) is 4.56. The standard InChI is InChI=1S/C19H27FN2O5S/c1-3-7-14(2)21-18(23)13-27-19(24)15-8-9-16(20)17(12-15)28(25,26)22-10-5-4-6-11-22/h8-9,12,14H,3-7,10-11,13H2,1-2H3,(H,21,23). The van der Waals surface area contributed by atoms with Gasteiger partial charge in [0.05, 0.1) is 5.56 Å². The average Bonchev–Trinajstić information content (AvgIpc) is 2.67. The summed E-state index contributed by atoms with van der Waals surface area (Å²) >= 11 is 0. The van der Waals surface area contributed by atoms with E-state index in [1.165, 1.54) is 4.31 Å². The van der Waals surface area contributed by atoms with Gasteiger partial charge in [-0.15, -0.1) is 0 Å². The van der Waals surface area contributed by atoms with Gasteiger partial charge >= 0.3 is 5.97 Å². The van der Waals surface area contributed by atoms with Gasteiger partial charge in [-0.05, 0) is 44.4 Å². The zero-order chi connectivity index (χ0) is 20.7. The van der Waals surface area contributed by atoms with Gasteiger partial charge in [0.15, 0.2) is 6.61 Å². The number of sulfonamides is 1. The molecule has 1 atom stereocenters. The predicted octanol–water partition coefficient (Wildman–Crippen LogP) is 2.46. The van der Waals surface area contributed by atoms with Crippen LogP contribution in [0.25, 0.3) is 0 Å². The van der Waals surface area contributed by atoms with Crippen molar-refractivity contribution in [1.29, 1.82) is 0 Å². The van der Waals surface area contributed by atoms with Crippen molar-refractivity contribution in [3.8, 4) is 0 Å². The quantitative estimate of drug-likeness (QED) is 0.660. The van der Waals surface area contributed by atoms with Gasteiger partial charge in [-0.1, -0.05) is 19.8 Å².